The molecule has 1 heterocycles. The van der Waals surface area contributed by atoms with Gasteiger partial charge in [-0.05, 0) is 40.0 Å². The van der Waals surface area contributed by atoms with Gasteiger partial charge in [0.25, 0.3) is 0 Å². The van der Waals surface area contributed by atoms with Gasteiger partial charge in [-0.2, -0.15) is 0 Å². The van der Waals surface area contributed by atoms with Gasteiger partial charge in [0.1, 0.15) is 0 Å². The maximum Gasteiger partial charge on any atom is 0.0594 e. The fourth-order valence-corrected chi connectivity index (χ4v) is 1.94. The van der Waals surface area contributed by atoms with Crippen LogP contribution in [0.15, 0.2) is 0 Å². The zero-order valence-corrected chi connectivity index (χ0v) is 10.4. The van der Waals surface area contributed by atoms with E-state index in [1.807, 2.05) is 0 Å². The van der Waals surface area contributed by atoms with E-state index in [4.69, 9.17) is 4.74 Å². The average molecular weight is 214 g/mol. The minimum atomic E-state index is 0.931. The highest BCUT2D eigenvalue weighted by Crippen LogP contribution is 2.04. The summed E-state index contributed by atoms with van der Waals surface area (Å²) in [5.41, 5.74) is 0. The third kappa shape index (κ3) is 6.88. The van der Waals surface area contributed by atoms with Crippen molar-refractivity contribution < 1.29 is 4.74 Å². The van der Waals surface area contributed by atoms with Crippen LogP contribution in [0.5, 0.6) is 0 Å². The molecule has 1 fully saturated rings. The number of hydrogen-bond acceptors (Lipinski definition) is 3. The van der Waals surface area contributed by atoms with Crippen LogP contribution >= 0.6 is 0 Å². The lowest BCUT2D eigenvalue weighted by atomic mass is 10.2. The molecule has 0 spiro atoms. The van der Waals surface area contributed by atoms with Crippen LogP contribution in [-0.2, 0) is 4.74 Å². The molecular weight excluding hydrogens is 188 g/mol. The quantitative estimate of drug-likeness (QED) is 0.596. The molecule has 0 radical (unpaired) electrons. The van der Waals surface area contributed by atoms with E-state index in [0.717, 1.165) is 26.3 Å². The van der Waals surface area contributed by atoms with Gasteiger partial charge in [0.15, 0.2) is 0 Å². The Labute approximate surface area is 94.4 Å². The van der Waals surface area contributed by atoms with Gasteiger partial charge in [0.2, 0.25) is 0 Å². The molecule has 15 heavy (non-hydrogen) atoms. The molecule has 0 atom stereocenters. The van der Waals surface area contributed by atoms with Gasteiger partial charge in [0.05, 0.1) is 13.2 Å². The van der Waals surface area contributed by atoms with Crippen LogP contribution in [0.1, 0.15) is 25.7 Å². The first-order valence-electron chi connectivity index (χ1n) is 6.24. The van der Waals surface area contributed by atoms with Crippen LogP contribution in [0.3, 0.4) is 0 Å². The fraction of sp³-hybridized carbons (Fsp3) is 1.00. The first kappa shape index (κ1) is 12.9. The van der Waals surface area contributed by atoms with Gasteiger partial charge in [-0.25, -0.2) is 0 Å². The molecule has 0 aromatic heterocycles. The predicted molar refractivity (Wildman–Crippen MR) is 64.3 cm³/mol. The Morgan fingerprint density at radius 2 is 1.67 bits per heavy atom. The normalized spacial score (nSPS) is 18.6. The number of hydrogen-bond donors (Lipinski definition) is 0. The minimum Gasteiger partial charge on any atom is -0.379 e. The Morgan fingerprint density at radius 3 is 2.33 bits per heavy atom. The van der Waals surface area contributed by atoms with E-state index in [-0.39, 0.29) is 0 Å². The SMILES string of the molecule is CN(C)CCCCCCN1CCOCC1. The predicted octanol–water partition coefficient (Wildman–Crippen LogP) is 1.44. The number of morpholine rings is 1. The summed E-state index contributed by atoms with van der Waals surface area (Å²) in [6.07, 6.45) is 5.46. The second kappa shape index (κ2) is 8.08. The van der Waals surface area contributed by atoms with Crippen molar-refractivity contribution in [1.82, 2.24) is 9.80 Å². The molecule has 0 saturated carbocycles. The van der Waals surface area contributed by atoms with E-state index in [1.54, 1.807) is 0 Å². The molecule has 0 aromatic carbocycles. The number of nitrogens with zero attached hydrogens (tertiary/aromatic N) is 2. The van der Waals surface area contributed by atoms with Crippen molar-refractivity contribution >= 4 is 0 Å². The van der Waals surface area contributed by atoms with Gasteiger partial charge in [0, 0.05) is 13.1 Å². The van der Waals surface area contributed by atoms with E-state index in [2.05, 4.69) is 23.9 Å². The lowest BCUT2D eigenvalue weighted by molar-refractivity contribution is 0.0371. The first-order chi connectivity index (χ1) is 7.29. The number of unbranched alkanes of at least 4 members (excludes halogenated alkanes) is 3. The third-order valence-corrected chi connectivity index (χ3v) is 2.93. The van der Waals surface area contributed by atoms with E-state index in [0.29, 0.717) is 0 Å². The summed E-state index contributed by atoms with van der Waals surface area (Å²) in [7, 11) is 4.29. The van der Waals surface area contributed by atoms with E-state index < -0.39 is 0 Å². The maximum absolute atomic E-state index is 5.32. The Bertz CT molecular complexity index is 145. The molecule has 0 N–H and O–H groups in total. The van der Waals surface area contributed by atoms with Gasteiger partial charge in [-0.15, -0.1) is 0 Å². The second-order valence-electron chi connectivity index (χ2n) is 4.67. The Morgan fingerprint density at radius 1 is 1.00 bits per heavy atom. The number of ether oxygens (including phenoxy) is 1. The highest BCUT2D eigenvalue weighted by Gasteiger charge is 2.08. The summed E-state index contributed by atoms with van der Waals surface area (Å²) in [4.78, 5) is 4.79. The highest BCUT2D eigenvalue weighted by molar-refractivity contribution is 4.61. The lowest BCUT2D eigenvalue weighted by Gasteiger charge is -2.26. The molecule has 1 saturated heterocycles. The smallest absolute Gasteiger partial charge is 0.0594 e. The Hall–Kier alpha value is -0.120. The van der Waals surface area contributed by atoms with E-state index in [9.17, 15) is 0 Å². The maximum atomic E-state index is 5.32. The summed E-state index contributed by atoms with van der Waals surface area (Å²) in [6.45, 7) is 6.64. The molecule has 0 amide bonds. The molecule has 0 bridgehead atoms. The fourth-order valence-electron chi connectivity index (χ4n) is 1.94. The Balaban J connectivity index is 1.83. The van der Waals surface area contributed by atoms with Crippen molar-refractivity contribution in [2.24, 2.45) is 0 Å². The first-order valence-corrected chi connectivity index (χ1v) is 6.24. The van der Waals surface area contributed by atoms with Gasteiger partial charge in [-0.3, -0.25) is 4.90 Å². The molecular formula is C12H26N2O. The van der Waals surface area contributed by atoms with E-state index in [1.165, 1.54) is 38.8 Å². The zero-order valence-electron chi connectivity index (χ0n) is 10.4. The largest absolute Gasteiger partial charge is 0.379 e. The Kier molecular flexibility index (Phi) is 6.98. The molecule has 0 aromatic rings. The van der Waals surface area contributed by atoms with Crippen LogP contribution in [0.2, 0.25) is 0 Å². The molecule has 3 nitrogen and oxygen atoms in total. The number of rotatable bonds is 7. The summed E-state index contributed by atoms with van der Waals surface area (Å²) in [5.74, 6) is 0. The monoisotopic (exact) mass is 214 g/mol. The second-order valence-corrected chi connectivity index (χ2v) is 4.67. The van der Waals surface area contributed by atoms with Crippen molar-refractivity contribution in [1.29, 1.82) is 0 Å². The van der Waals surface area contributed by atoms with Crippen LogP contribution < -0.4 is 0 Å². The van der Waals surface area contributed by atoms with Crippen molar-refractivity contribution in [3.05, 3.63) is 0 Å². The lowest BCUT2D eigenvalue weighted by Crippen LogP contribution is -2.36. The van der Waals surface area contributed by atoms with Crippen LogP contribution in [0, 0.1) is 0 Å². The molecule has 1 aliphatic rings. The zero-order chi connectivity index (χ0) is 10.9. The summed E-state index contributed by atoms with van der Waals surface area (Å²) in [5, 5.41) is 0. The topological polar surface area (TPSA) is 15.7 Å². The van der Waals surface area contributed by atoms with Crippen molar-refractivity contribution in [3.63, 3.8) is 0 Å². The van der Waals surface area contributed by atoms with Gasteiger partial charge >= 0.3 is 0 Å². The van der Waals surface area contributed by atoms with Crippen LogP contribution in [0.25, 0.3) is 0 Å². The molecule has 1 rings (SSSR count). The molecule has 0 aliphatic carbocycles. The van der Waals surface area contributed by atoms with Crippen LogP contribution in [0.4, 0.5) is 0 Å². The van der Waals surface area contributed by atoms with Gasteiger partial charge < -0.3 is 9.64 Å². The average Bonchev–Trinajstić information content (AvgIpc) is 2.24. The van der Waals surface area contributed by atoms with Crippen molar-refractivity contribution in [2.45, 2.75) is 25.7 Å². The molecule has 1 aliphatic heterocycles. The summed E-state index contributed by atoms with van der Waals surface area (Å²) >= 11 is 0. The van der Waals surface area contributed by atoms with Crippen molar-refractivity contribution in [3.8, 4) is 0 Å². The summed E-state index contributed by atoms with van der Waals surface area (Å²) < 4.78 is 5.32. The third-order valence-electron chi connectivity index (χ3n) is 2.93. The molecule has 90 valence electrons. The van der Waals surface area contributed by atoms with Crippen LogP contribution in [-0.4, -0.2) is 63.3 Å². The minimum absolute atomic E-state index is 0.931. The summed E-state index contributed by atoms with van der Waals surface area (Å²) in [6, 6.07) is 0. The van der Waals surface area contributed by atoms with Crippen molar-refractivity contribution in [2.75, 3.05) is 53.5 Å². The van der Waals surface area contributed by atoms with E-state index >= 15 is 0 Å². The molecule has 3 heteroatoms. The molecule has 0 unspecified atom stereocenters. The van der Waals surface area contributed by atoms with Gasteiger partial charge in [-0.1, -0.05) is 12.8 Å². The highest BCUT2D eigenvalue weighted by atomic mass is 16.5. The standard InChI is InChI=1S/C12H26N2O/c1-13(2)7-5-3-4-6-8-14-9-11-15-12-10-14/h3-12H2,1-2H3.